The number of rotatable bonds is 5. The lowest BCUT2D eigenvalue weighted by molar-refractivity contribution is 0.00650. The molecule has 9 nitrogen and oxygen atoms in total. The summed E-state index contributed by atoms with van der Waals surface area (Å²) in [5, 5.41) is -0.0490. The van der Waals surface area contributed by atoms with E-state index in [1.807, 2.05) is 20.8 Å². The van der Waals surface area contributed by atoms with E-state index in [-0.39, 0.29) is 11.1 Å². The standard InChI is InChI=1S/C21H34N4O5S/c1-21(2,3)30-20(26)25-11-9-24(10-12-25)17-7-5-16(6-8-17)15-29-18-13-23-19(14-22-18)31(4,27)28/h13-14,16-17H,5-12,15H2,1-4H3. The van der Waals surface area contributed by atoms with Crippen molar-refractivity contribution in [3.8, 4) is 5.88 Å². The number of ether oxygens (including phenoxy) is 2. The monoisotopic (exact) mass is 454 g/mol. The van der Waals surface area contributed by atoms with Crippen molar-refractivity contribution in [2.75, 3.05) is 39.0 Å². The molecule has 2 aliphatic rings. The minimum Gasteiger partial charge on any atom is -0.476 e. The summed E-state index contributed by atoms with van der Waals surface area (Å²) in [5.74, 6) is 0.809. The van der Waals surface area contributed by atoms with E-state index in [2.05, 4.69) is 14.9 Å². The van der Waals surface area contributed by atoms with Crippen LogP contribution in [0, 0.1) is 5.92 Å². The fourth-order valence-electron chi connectivity index (χ4n) is 4.05. The summed E-state index contributed by atoms with van der Waals surface area (Å²) in [6.45, 7) is 9.41. The van der Waals surface area contributed by atoms with E-state index >= 15 is 0 Å². The molecule has 0 atom stereocenters. The number of nitrogens with zero attached hydrogens (tertiary/aromatic N) is 4. The van der Waals surface area contributed by atoms with Crippen LogP contribution in [0.2, 0.25) is 0 Å². The van der Waals surface area contributed by atoms with Crippen molar-refractivity contribution in [3.63, 3.8) is 0 Å². The fraction of sp³-hybridized carbons (Fsp3) is 0.762. The minimum absolute atomic E-state index is 0.0490. The Balaban J connectivity index is 1.38. The molecule has 1 saturated heterocycles. The Bertz CT molecular complexity index is 838. The smallest absolute Gasteiger partial charge is 0.410 e. The molecule has 0 aromatic carbocycles. The van der Waals surface area contributed by atoms with E-state index in [0.29, 0.717) is 37.5 Å². The van der Waals surface area contributed by atoms with Gasteiger partial charge in [-0.2, -0.15) is 0 Å². The van der Waals surface area contributed by atoms with Gasteiger partial charge in [0.05, 0.1) is 19.0 Å². The molecule has 1 amide bonds. The normalized spacial score (nSPS) is 23.4. The number of carbonyl (C=O) groups is 1. The molecule has 1 aromatic heterocycles. The molecular weight excluding hydrogens is 420 g/mol. The number of aromatic nitrogens is 2. The van der Waals surface area contributed by atoms with Gasteiger partial charge in [0.25, 0.3) is 0 Å². The Kier molecular flexibility index (Phi) is 7.41. The summed E-state index contributed by atoms with van der Waals surface area (Å²) < 4.78 is 34.1. The van der Waals surface area contributed by atoms with Gasteiger partial charge in [-0.05, 0) is 52.4 Å². The maximum Gasteiger partial charge on any atom is 0.410 e. The quantitative estimate of drug-likeness (QED) is 0.668. The summed E-state index contributed by atoms with van der Waals surface area (Å²) in [6, 6.07) is 0.547. The van der Waals surface area contributed by atoms with Crippen LogP contribution >= 0.6 is 0 Å². The zero-order chi connectivity index (χ0) is 22.6. The lowest BCUT2D eigenvalue weighted by Gasteiger charge is -2.42. The van der Waals surface area contributed by atoms with Gasteiger partial charge in [-0.15, -0.1) is 0 Å². The van der Waals surface area contributed by atoms with Crippen LogP contribution in [0.25, 0.3) is 0 Å². The molecule has 10 heteroatoms. The molecular formula is C21H34N4O5S. The number of piperazine rings is 1. The first-order valence-electron chi connectivity index (χ1n) is 10.9. The Hall–Kier alpha value is -1.94. The van der Waals surface area contributed by atoms with Crippen LogP contribution in [-0.2, 0) is 14.6 Å². The second kappa shape index (κ2) is 9.68. The van der Waals surface area contributed by atoms with E-state index in [1.54, 1.807) is 4.90 Å². The first-order valence-corrected chi connectivity index (χ1v) is 12.8. The second-order valence-electron chi connectivity index (χ2n) is 9.45. The van der Waals surface area contributed by atoms with E-state index in [1.165, 1.54) is 12.4 Å². The maximum absolute atomic E-state index is 12.2. The van der Waals surface area contributed by atoms with Crippen molar-refractivity contribution in [3.05, 3.63) is 12.4 Å². The van der Waals surface area contributed by atoms with Crippen LogP contribution in [-0.4, -0.2) is 85.0 Å². The zero-order valence-corrected chi connectivity index (χ0v) is 19.7. The Morgan fingerprint density at radius 1 is 1.06 bits per heavy atom. The highest BCUT2D eigenvalue weighted by Crippen LogP contribution is 2.29. The first kappa shape index (κ1) is 23.7. The van der Waals surface area contributed by atoms with Gasteiger partial charge in [-0.1, -0.05) is 0 Å². The highest BCUT2D eigenvalue weighted by Gasteiger charge is 2.31. The molecule has 31 heavy (non-hydrogen) atoms. The van der Waals surface area contributed by atoms with Crippen molar-refractivity contribution < 1.29 is 22.7 Å². The van der Waals surface area contributed by atoms with Gasteiger partial charge in [0.1, 0.15) is 5.60 Å². The molecule has 1 aliphatic carbocycles. The van der Waals surface area contributed by atoms with Crippen molar-refractivity contribution in [2.45, 2.75) is 63.1 Å². The molecule has 0 radical (unpaired) electrons. The number of hydrogen-bond acceptors (Lipinski definition) is 8. The van der Waals surface area contributed by atoms with Gasteiger partial charge in [-0.3, -0.25) is 4.90 Å². The summed E-state index contributed by atoms with van der Waals surface area (Å²) >= 11 is 0. The topological polar surface area (TPSA) is 102 Å². The third-order valence-electron chi connectivity index (χ3n) is 5.75. The summed E-state index contributed by atoms with van der Waals surface area (Å²) in [5.41, 5.74) is -0.462. The van der Waals surface area contributed by atoms with Crippen LogP contribution in [0.4, 0.5) is 4.79 Å². The molecule has 1 aliphatic heterocycles. The SMILES string of the molecule is CC(C)(C)OC(=O)N1CCN(C2CCC(COc3cnc(S(C)(=O)=O)cn3)CC2)CC1. The van der Waals surface area contributed by atoms with Crippen LogP contribution in [0.5, 0.6) is 5.88 Å². The van der Waals surface area contributed by atoms with E-state index in [9.17, 15) is 13.2 Å². The van der Waals surface area contributed by atoms with E-state index in [0.717, 1.165) is 45.0 Å². The predicted octanol–water partition coefficient (Wildman–Crippen LogP) is 2.37. The number of hydrogen-bond donors (Lipinski definition) is 0. The molecule has 174 valence electrons. The van der Waals surface area contributed by atoms with Crippen molar-refractivity contribution >= 4 is 15.9 Å². The molecule has 3 rings (SSSR count). The zero-order valence-electron chi connectivity index (χ0n) is 18.9. The largest absolute Gasteiger partial charge is 0.476 e. The molecule has 1 saturated carbocycles. The maximum atomic E-state index is 12.2. The minimum atomic E-state index is -3.35. The average Bonchev–Trinajstić information content (AvgIpc) is 2.71. The predicted molar refractivity (Wildman–Crippen MR) is 116 cm³/mol. The van der Waals surface area contributed by atoms with Crippen molar-refractivity contribution in [2.24, 2.45) is 5.92 Å². The van der Waals surface area contributed by atoms with Crippen molar-refractivity contribution in [1.29, 1.82) is 0 Å². The lowest BCUT2D eigenvalue weighted by atomic mass is 9.85. The van der Waals surface area contributed by atoms with E-state index in [4.69, 9.17) is 9.47 Å². The van der Waals surface area contributed by atoms with Crippen LogP contribution in [0.1, 0.15) is 46.5 Å². The third kappa shape index (κ3) is 7.03. The van der Waals surface area contributed by atoms with Crippen molar-refractivity contribution in [1.82, 2.24) is 19.8 Å². The molecule has 2 fully saturated rings. The first-order chi connectivity index (χ1) is 14.5. The van der Waals surface area contributed by atoms with Crippen LogP contribution in [0.3, 0.4) is 0 Å². The highest BCUT2D eigenvalue weighted by atomic mass is 32.2. The molecule has 2 heterocycles. The van der Waals surface area contributed by atoms with Gasteiger partial charge < -0.3 is 14.4 Å². The summed E-state index contributed by atoms with van der Waals surface area (Å²) in [6.07, 6.45) is 7.86. The Morgan fingerprint density at radius 3 is 2.23 bits per heavy atom. The average molecular weight is 455 g/mol. The third-order valence-corrected chi connectivity index (χ3v) is 6.72. The van der Waals surface area contributed by atoms with Gasteiger partial charge in [0.15, 0.2) is 14.9 Å². The number of carbonyl (C=O) groups excluding carboxylic acids is 1. The Labute approximate surface area is 185 Å². The molecule has 0 spiro atoms. The van der Waals surface area contributed by atoms with Gasteiger partial charge in [-0.25, -0.2) is 23.2 Å². The van der Waals surface area contributed by atoms with Crippen LogP contribution < -0.4 is 4.74 Å². The molecule has 0 unspecified atom stereocenters. The Morgan fingerprint density at radius 2 is 1.71 bits per heavy atom. The number of amides is 1. The van der Waals surface area contributed by atoms with Gasteiger partial charge >= 0.3 is 6.09 Å². The highest BCUT2D eigenvalue weighted by molar-refractivity contribution is 7.90. The summed E-state index contributed by atoms with van der Waals surface area (Å²) in [7, 11) is -3.35. The van der Waals surface area contributed by atoms with E-state index < -0.39 is 15.4 Å². The second-order valence-corrected chi connectivity index (χ2v) is 11.4. The van der Waals surface area contributed by atoms with Gasteiger partial charge in [0, 0.05) is 38.5 Å². The van der Waals surface area contributed by atoms with Gasteiger partial charge in [0.2, 0.25) is 5.88 Å². The molecule has 1 aromatic rings. The molecule has 0 N–H and O–H groups in total. The molecule has 0 bridgehead atoms. The lowest BCUT2D eigenvalue weighted by Crippen LogP contribution is -2.53. The summed E-state index contributed by atoms with van der Waals surface area (Å²) in [4.78, 5) is 24.5. The fourth-order valence-corrected chi connectivity index (χ4v) is 4.53. The number of sulfone groups is 1. The van der Waals surface area contributed by atoms with Crippen LogP contribution in [0.15, 0.2) is 17.4 Å².